The van der Waals surface area contributed by atoms with Crippen molar-refractivity contribution in [3.8, 4) is 11.1 Å². The molecule has 1 saturated carbocycles. The zero-order chi connectivity index (χ0) is 35.5. The summed E-state index contributed by atoms with van der Waals surface area (Å²) in [5.41, 5.74) is 16.5. The molecule has 0 spiro atoms. The van der Waals surface area contributed by atoms with Crippen molar-refractivity contribution in [3.05, 3.63) is 107 Å². The summed E-state index contributed by atoms with van der Waals surface area (Å²) in [5, 5.41) is 3.36. The number of nitrogens with zero attached hydrogens (tertiary/aromatic N) is 1. The molecular formula is C46H64N2. The van der Waals surface area contributed by atoms with Gasteiger partial charge in [-0.2, -0.15) is 0 Å². The number of anilines is 1. The fourth-order valence-electron chi connectivity index (χ4n) is 11.3. The second-order valence-corrected chi connectivity index (χ2v) is 16.3. The monoisotopic (exact) mass is 645 g/mol. The molecule has 258 valence electrons. The molecule has 0 heterocycles. The number of rotatable bonds is 5. The number of allylic oxidation sites excluding steroid dienone is 7. The highest BCUT2D eigenvalue weighted by atomic mass is 15.1. The van der Waals surface area contributed by atoms with Crippen molar-refractivity contribution in [3.63, 3.8) is 0 Å². The van der Waals surface area contributed by atoms with E-state index in [1.807, 2.05) is 20.8 Å². The molecule has 4 bridgehead atoms. The second-order valence-electron chi connectivity index (χ2n) is 16.3. The van der Waals surface area contributed by atoms with Gasteiger partial charge in [0.15, 0.2) is 0 Å². The molecule has 1 N–H and O–H groups in total. The van der Waals surface area contributed by atoms with E-state index < -0.39 is 0 Å². The van der Waals surface area contributed by atoms with Crippen LogP contribution in [-0.2, 0) is 12.8 Å². The maximum Gasteiger partial charge on any atom is 0.0381 e. The van der Waals surface area contributed by atoms with Crippen LogP contribution in [0, 0.1) is 34.0 Å². The number of hydrogen-bond donors (Lipinski definition) is 1. The van der Waals surface area contributed by atoms with E-state index in [-0.39, 0.29) is 16.2 Å². The summed E-state index contributed by atoms with van der Waals surface area (Å²) in [6.45, 7) is 37.0. The standard InChI is InChI=1S/C40H48N2.C4H10.C2H6/c1-22(2)41-30-15-12-27(13-16-30)31-17-14-28-19-29-18-23(3)33-25(5)37(42(10)11)39(8)21-38(7)20-32(31)34(28)24(4)35(38)36(29)40(39,9)26(33)6;1-3-4-2;1-2/h12-18,25,29,33,37,41H,1,4,6,19-21H2,2-3,5,7-11H3;3-4H2,1-2H3;1-2H3/t25?,29-,33?,37?,38?,39+,40+;;/m1../s1. The van der Waals surface area contributed by atoms with Gasteiger partial charge in [-0.25, -0.2) is 0 Å². The number of benzene rings is 2. The van der Waals surface area contributed by atoms with Gasteiger partial charge in [-0.15, -0.1) is 0 Å². The summed E-state index contributed by atoms with van der Waals surface area (Å²) in [6.07, 6.45) is 8.54. The van der Waals surface area contributed by atoms with E-state index in [1.54, 1.807) is 11.1 Å². The van der Waals surface area contributed by atoms with Gasteiger partial charge in [0, 0.05) is 34.7 Å². The van der Waals surface area contributed by atoms with Crippen molar-refractivity contribution >= 4 is 11.3 Å². The van der Waals surface area contributed by atoms with Crippen molar-refractivity contribution < 1.29 is 0 Å². The zero-order valence-corrected chi connectivity index (χ0v) is 32.5. The van der Waals surface area contributed by atoms with Gasteiger partial charge in [-0.05, 0) is 121 Å². The Morgan fingerprint density at radius 2 is 1.60 bits per heavy atom. The molecule has 0 amide bonds. The van der Waals surface area contributed by atoms with Crippen LogP contribution in [0.15, 0.2) is 90.2 Å². The van der Waals surface area contributed by atoms with Crippen LogP contribution in [0.2, 0.25) is 0 Å². The minimum Gasteiger partial charge on any atom is -0.360 e. The first-order valence-electron chi connectivity index (χ1n) is 18.8. The minimum atomic E-state index is -0.0791. The quantitative estimate of drug-likeness (QED) is 0.326. The summed E-state index contributed by atoms with van der Waals surface area (Å²) in [5.74, 6) is 1.30. The Hall–Kier alpha value is -3.10. The van der Waals surface area contributed by atoms with Gasteiger partial charge in [-0.1, -0.05) is 129 Å². The molecule has 2 aromatic rings. The SMILES string of the molecule is C=C(C)Nc1ccc(-c2ccc3c4c2CC2(C)C[C@@]5(C)C(N(C)C)C(C)C6C(=C)[C@@]5(C)C(=C2C4=C)[C@H](C=C6C)C3)cc1.CC.CCCC. The lowest BCUT2D eigenvalue weighted by Crippen LogP contribution is -2.65. The van der Waals surface area contributed by atoms with E-state index in [1.165, 1.54) is 57.4 Å². The lowest BCUT2D eigenvalue weighted by Gasteiger charge is -2.68. The number of nitrogens with one attached hydrogen (secondary N) is 1. The predicted octanol–water partition coefficient (Wildman–Crippen LogP) is 12.3. The van der Waals surface area contributed by atoms with E-state index in [0.29, 0.717) is 23.8 Å². The Kier molecular flexibility index (Phi) is 9.78. The molecule has 5 aliphatic rings. The van der Waals surface area contributed by atoms with Crippen LogP contribution in [0.1, 0.15) is 105 Å². The molecule has 5 aliphatic carbocycles. The molecule has 48 heavy (non-hydrogen) atoms. The molecule has 0 saturated heterocycles. The molecule has 0 aromatic heterocycles. The summed E-state index contributed by atoms with van der Waals surface area (Å²) in [7, 11) is 4.63. The Balaban J connectivity index is 0.000000701. The van der Waals surface area contributed by atoms with Gasteiger partial charge in [0.1, 0.15) is 0 Å². The Morgan fingerprint density at radius 1 is 0.979 bits per heavy atom. The molecule has 2 heteroatoms. The van der Waals surface area contributed by atoms with E-state index in [4.69, 9.17) is 13.2 Å². The fourth-order valence-corrected chi connectivity index (χ4v) is 11.3. The molecule has 7 rings (SSSR count). The molecule has 0 aliphatic heterocycles. The van der Waals surface area contributed by atoms with Crippen LogP contribution in [0.4, 0.5) is 5.69 Å². The maximum atomic E-state index is 4.99. The molecule has 2 nitrogen and oxygen atoms in total. The molecule has 7 atom stereocenters. The molecule has 4 unspecified atom stereocenters. The third kappa shape index (κ3) is 5.15. The average Bonchev–Trinajstić information content (AvgIpc) is 3.18. The molecular weight excluding hydrogens is 581 g/mol. The van der Waals surface area contributed by atoms with Crippen LogP contribution in [0.25, 0.3) is 16.7 Å². The van der Waals surface area contributed by atoms with Crippen molar-refractivity contribution in [2.45, 2.75) is 107 Å². The Morgan fingerprint density at radius 3 is 2.17 bits per heavy atom. The summed E-state index contributed by atoms with van der Waals surface area (Å²) >= 11 is 0. The van der Waals surface area contributed by atoms with Crippen LogP contribution in [0.3, 0.4) is 0 Å². The number of unbranched alkanes of at least 4 members (excludes halogenated alkanes) is 1. The minimum absolute atomic E-state index is 0.0122. The van der Waals surface area contributed by atoms with E-state index in [9.17, 15) is 0 Å². The first kappa shape index (κ1) is 36.2. The van der Waals surface area contributed by atoms with Crippen molar-refractivity contribution in [1.82, 2.24) is 4.90 Å². The summed E-state index contributed by atoms with van der Waals surface area (Å²) in [4.78, 5) is 2.55. The first-order chi connectivity index (χ1) is 22.6. The zero-order valence-electron chi connectivity index (χ0n) is 32.5. The highest BCUT2D eigenvalue weighted by Crippen LogP contribution is 2.75. The van der Waals surface area contributed by atoms with Crippen LogP contribution in [-0.4, -0.2) is 25.0 Å². The van der Waals surface area contributed by atoms with Gasteiger partial charge >= 0.3 is 0 Å². The summed E-state index contributed by atoms with van der Waals surface area (Å²) in [6, 6.07) is 14.2. The van der Waals surface area contributed by atoms with E-state index >= 15 is 0 Å². The third-order valence-corrected chi connectivity index (χ3v) is 13.0. The smallest absolute Gasteiger partial charge is 0.0381 e. The Bertz CT molecular complexity index is 1680. The maximum absolute atomic E-state index is 4.99. The molecule has 2 aromatic carbocycles. The average molecular weight is 645 g/mol. The largest absolute Gasteiger partial charge is 0.360 e. The fraction of sp³-hybridized carbons (Fsp3) is 0.522. The topological polar surface area (TPSA) is 15.3 Å². The lowest BCUT2D eigenvalue weighted by molar-refractivity contribution is -0.0767. The first-order valence-corrected chi connectivity index (χ1v) is 18.8. The van der Waals surface area contributed by atoms with Crippen molar-refractivity contribution in [1.29, 1.82) is 0 Å². The molecule has 1 fully saturated rings. The van der Waals surface area contributed by atoms with Crippen molar-refractivity contribution in [2.75, 3.05) is 19.4 Å². The normalized spacial score (nSPS) is 32.3. The second kappa shape index (κ2) is 13.0. The predicted molar refractivity (Wildman–Crippen MR) is 211 cm³/mol. The van der Waals surface area contributed by atoms with Crippen molar-refractivity contribution in [2.24, 2.45) is 34.0 Å². The van der Waals surface area contributed by atoms with Gasteiger partial charge in [0.25, 0.3) is 0 Å². The van der Waals surface area contributed by atoms with Crippen LogP contribution in [0.5, 0.6) is 0 Å². The third-order valence-electron chi connectivity index (χ3n) is 13.0. The van der Waals surface area contributed by atoms with Gasteiger partial charge in [-0.3, -0.25) is 0 Å². The highest BCUT2D eigenvalue weighted by Gasteiger charge is 2.68. The van der Waals surface area contributed by atoms with Crippen LogP contribution < -0.4 is 5.32 Å². The van der Waals surface area contributed by atoms with E-state index in [2.05, 4.69) is 122 Å². The number of fused-ring (bicyclic) bond motifs is 1. The van der Waals surface area contributed by atoms with Gasteiger partial charge in [0.05, 0.1) is 0 Å². The Labute approximate surface area is 294 Å². The number of hydrogen-bond acceptors (Lipinski definition) is 2. The summed E-state index contributed by atoms with van der Waals surface area (Å²) < 4.78 is 0. The van der Waals surface area contributed by atoms with Crippen LogP contribution >= 0.6 is 0 Å². The van der Waals surface area contributed by atoms with Gasteiger partial charge in [0.2, 0.25) is 0 Å². The lowest BCUT2D eigenvalue weighted by atomic mass is 9.38. The molecule has 0 radical (unpaired) electrons. The van der Waals surface area contributed by atoms with Gasteiger partial charge < -0.3 is 10.2 Å². The highest BCUT2D eigenvalue weighted by molar-refractivity contribution is 5.91. The van der Waals surface area contributed by atoms with E-state index in [0.717, 1.165) is 30.6 Å².